The van der Waals surface area contributed by atoms with E-state index >= 15 is 0 Å². The van der Waals surface area contributed by atoms with Crippen LogP contribution in [0.3, 0.4) is 0 Å². The van der Waals surface area contributed by atoms with Gasteiger partial charge >= 0.3 is 6.03 Å². The van der Waals surface area contributed by atoms with Crippen molar-refractivity contribution in [1.29, 1.82) is 0 Å². The third kappa shape index (κ3) is 4.18. The standard InChI is InChI=1S/C16H20N4O2/c1-4-22-14-6-5-11(2)9-13(14)12(3)19-16(21)20-15-10-17-7-8-18-15/h5-10,12H,4H2,1-3H3,(H2,18,19,20,21). The fourth-order valence-electron chi connectivity index (χ4n) is 2.08. The molecule has 0 saturated carbocycles. The maximum Gasteiger partial charge on any atom is 0.320 e. The van der Waals surface area contributed by atoms with E-state index in [-0.39, 0.29) is 12.1 Å². The fraction of sp³-hybridized carbons (Fsp3) is 0.312. The van der Waals surface area contributed by atoms with Crippen LogP contribution >= 0.6 is 0 Å². The highest BCUT2D eigenvalue weighted by Gasteiger charge is 2.15. The number of aryl methyl sites for hydroxylation is 1. The van der Waals surface area contributed by atoms with Crippen LogP contribution in [0.4, 0.5) is 10.6 Å². The molecule has 6 nitrogen and oxygen atoms in total. The quantitative estimate of drug-likeness (QED) is 0.889. The molecule has 1 atom stereocenters. The molecule has 2 rings (SSSR count). The van der Waals surface area contributed by atoms with Crippen molar-refractivity contribution < 1.29 is 9.53 Å². The number of ether oxygens (including phenoxy) is 1. The zero-order chi connectivity index (χ0) is 15.9. The van der Waals surface area contributed by atoms with Crippen LogP contribution in [-0.4, -0.2) is 22.6 Å². The molecule has 0 aliphatic rings. The largest absolute Gasteiger partial charge is 0.494 e. The first-order chi connectivity index (χ1) is 10.6. The summed E-state index contributed by atoms with van der Waals surface area (Å²) in [7, 11) is 0. The maximum atomic E-state index is 12.0. The van der Waals surface area contributed by atoms with E-state index in [2.05, 4.69) is 20.6 Å². The molecule has 1 aromatic heterocycles. The number of nitrogens with zero attached hydrogens (tertiary/aromatic N) is 2. The summed E-state index contributed by atoms with van der Waals surface area (Å²) >= 11 is 0. The van der Waals surface area contributed by atoms with Crippen molar-refractivity contribution in [2.24, 2.45) is 0 Å². The number of benzene rings is 1. The minimum absolute atomic E-state index is 0.196. The normalized spacial score (nSPS) is 11.6. The molecule has 1 unspecified atom stereocenters. The molecule has 0 saturated heterocycles. The highest BCUT2D eigenvalue weighted by molar-refractivity contribution is 5.88. The summed E-state index contributed by atoms with van der Waals surface area (Å²) < 4.78 is 5.62. The van der Waals surface area contributed by atoms with Gasteiger partial charge in [0.15, 0.2) is 5.82 Å². The van der Waals surface area contributed by atoms with E-state index in [1.807, 2.05) is 39.0 Å². The van der Waals surface area contributed by atoms with E-state index in [0.29, 0.717) is 12.4 Å². The van der Waals surface area contributed by atoms with E-state index in [9.17, 15) is 4.79 Å². The number of carbonyl (C=O) groups excluding carboxylic acids is 1. The van der Waals surface area contributed by atoms with Crippen molar-refractivity contribution >= 4 is 11.8 Å². The summed E-state index contributed by atoms with van der Waals surface area (Å²) in [6, 6.07) is 5.39. The zero-order valence-corrected chi connectivity index (χ0v) is 13.0. The van der Waals surface area contributed by atoms with E-state index in [1.165, 1.54) is 12.4 Å². The smallest absolute Gasteiger partial charge is 0.320 e. The minimum Gasteiger partial charge on any atom is -0.494 e. The van der Waals surface area contributed by atoms with Gasteiger partial charge in [-0.3, -0.25) is 10.3 Å². The van der Waals surface area contributed by atoms with Crippen LogP contribution in [0.1, 0.15) is 31.0 Å². The number of amides is 2. The van der Waals surface area contributed by atoms with Gasteiger partial charge in [-0.05, 0) is 26.8 Å². The SMILES string of the molecule is CCOc1ccc(C)cc1C(C)NC(=O)Nc1cnccn1. The van der Waals surface area contributed by atoms with Gasteiger partial charge < -0.3 is 10.1 Å². The van der Waals surface area contributed by atoms with Crippen LogP contribution in [0, 0.1) is 6.92 Å². The van der Waals surface area contributed by atoms with Gasteiger partial charge in [-0.2, -0.15) is 0 Å². The number of carbonyl (C=O) groups is 1. The topological polar surface area (TPSA) is 76.1 Å². The summed E-state index contributed by atoms with van der Waals surface area (Å²) in [5.41, 5.74) is 2.05. The Hall–Kier alpha value is -2.63. The molecule has 2 amide bonds. The molecule has 0 spiro atoms. The van der Waals surface area contributed by atoms with Gasteiger partial charge in [0.05, 0.1) is 18.8 Å². The number of hydrogen-bond donors (Lipinski definition) is 2. The molecule has 2 aromatic rings. The third-order valence-corrected chi connectivity index (χ3v) is 3.08. The van der Waals surface area contributed by atoms with Crippen molar-refractivity contribution in [3.8, 4) is 5.75 Å². The van der Waals surface area contributed by atoms with Gasteiger partial charge in [0.25, 0.3) is 0 Å². The van der Waals surface area contributed by atoms with Gasteiger partial charge in [-0.1, -0.05) is 17.7 Å². The Labute approximate surface area is 129 Å². The van der Waals surface area contributed by atoms with Crippen LogP contribution in [0.25, 0.3) is 0 Å². The molecule has 0 fully saturated rings. The minimum atomic E-state index is -0.336. The van der Waals surface area contributed by atoms with Crippen molar-refractivity contribution in [2.75, 3.05) is 11.9 Å². The predicted molar refractivity (Wildman–Crippen MR) is 84.9 cm³/mol. The first-order valence-corrected chi connectivity index (χ1v) is 7.17. The lowest BCUT2D eigenvalue weighted by Gasteiger charge is -2.18. The number of urea groups is 1. The van der Waals surface area contributed by atoms with E-state index in [0.717, 1.165) is 16.9 Å². The second kappa shape index (κ2) is 7.40. The van der Waals surface area contributed by atoms with Crippen molar-refractivity contribution in [2.45, 2.75) is 26.8 Å². The van der Waals surface area contributed by atoms with E-state index in [1.54, 1.807) is 6.20 Å². The van der Waals surface area contributed by atoms with Crippen LogP contribution in [-0.2, 0) is 0 Å². The molecule has 0 bridgehead atoms. The van der Waals surface area contributed by atoms with Crippen LogP contribution in [0.2, 0.25) is 0 Å². The van der Waals surface area contributed by atoms with Gasteiger partial charge in [-0.15, -0.1) is 0 Å². The molecule has 1 heterocycles. The Bertz CT molecular complexity index is 631. The molecule has 116 valence electrons. The van der Waals surface area contributed by atoms with Gasteiger partial charge in [0.1, 0.15) is 5.75 Å². The first-order valence-electron chi connectivity index (χ1n) is 7.17. The average molecular weight is 300 g/mol. The van der Waals surface area contributed by atoms with Gasteiger partial charge in [0, 0.05) is 18.0 Å². The zero-order valence-electron chi connectivity index (χ0n) is 13.0. The number of hydrogen-bond acceptors (Lipinski definition) is 4. The Balaban J connectivity index is 2.06. The Kier molecular flexibility index (Phi) is 5.30. The lowest BCUT2D eigenvalue weighted by atomic mass is 10.0. The Morgan fingerprint density at radius 2 is 2.18 bits per heavy atom. The molecule has 0 radical (unpaired) electrons. The molecule has 22 heavy (non-hydrogen) atoms. The lowest BCUT2D eigenvalue weighted by molar-refractivity contribution is 0.249. The Morgan fingerprint density at radius 3 is 2.86 bits per heavy atom. The fourth-order valence-corrected chi connectivity index (χ4v) is 2.08. The summed E-state index contributed by atoms with van der Waals surface area (Å²) in [4.78, 5) is 19.9. The van der Waals surface area contributed by atoms with Gasteiger partial charge in [0.2, 0.25) is 0 Å². The molecule has 1 aromatic carbocycles. The number of nitrogens with one attached hydrogen (secondary N) is 2. The average Bonchev–Trinajstić information content (AvgIpc) is 2.50. The van der Waals surface area contributed by atoms with Crippen LogP contribution < -0.4 is 15.4 Å². The number of rotatable bonds is 5. The van der Waals surface area contributed by atoms with Crippen molar-refractivity contribution in [1.82, 2.24) is 15.3 Å². The number of anilines is 1. The second-order valence-electron chi connectivity index (χ2n) is 4.89. The van der Waals surface area contributed by atoms with Gasteiger partial charge in [-0.25, -0.2) is 9.78 Å². The number of aromatic nitrogens is 2. The predicted octanol–water partition coefficient (Wildman–Crippen LogP) is 3.07. The maximum absolute atomic E-state index is 12.0. The summed E-state index contributed by atoms with van der Waals surface area (Å²) in [5.74, 6) is 1.18. The summed E-state index contributed by atoms with van der Waals surface area (Å²) in [6.07, 6.45) is 4.56. The highest BCUT2D eigenvalue weighted by Crippen LogP contribution is 2.26. The Morgan fingerprint density at radius 1 is 1.36 bits per heavy atom. The molecule has 2 N–H and O–H groups in total. The summed E-state index contributed by atoms with van der Waals surface area (Å²) in [6.45, 7) is 6.43. The van der Waals surface area contributed by atoms with Crippen LogP contribution in [0.15, 0.2) is 36.8 Å². The van der Waals surface area contributed by atoms with E-state index < -0.39 is 0 Å². The third-order valence-electron chi connectivity index (χ3n) is 3.08. The monoisotopic (exact) mass is 300 g/mol. The first kappa shape index (κ1) is 15.8. The van der Waals surface area contributed by atoms with E-state index in [4.69, 9.17) is 4.74 Å². The highest BCUT2D eigenvalue weighted by atomic mass is 16.5. The van der Waals surface area contributed by atoms with Crippen molar-refractivity contribution in [3.63, 3.8) is 0 Å². The molecular weight excluding hydrogens is 280 g/mol. The molecular formula is C16H20N4O2. The molecule has 6 heteroatoms. The molecule has 0 aliphatic carbocycles. The van der Waals surface area contributed by atoms with Crippen molar-refractivity contribution in [3.05, 3.63) is 47.9 Å². The molecule has 0 aliphatic heterocycles. The second-order valence-corrected chi connectivity index (χ2v) is 4.89. The lowest BCUT2D eigenvalue weighted by Crippen LogP contribution is -2.31. The summed E-state index contributed by atoms with van der Waals surface area (Å²) in [5, 5.41) is 5.52. The van der Waals surface area contributed by atoms with Crippen LogP contribution in [0.5, 0.6) is 5.75 Å².